The van der Waals surface area contributed by atoms with Gasteiger partial charge in [-0.2, -0.15) is 0 Å². The summed E-state index contributed by atoms with van der Waals surface area (Å²) in [5, 5.41) is 8.34. The fourth-order valence-corrected chi connectivity index (χ4v) is 3.79. The fourth-order valence-electron chi connectivity index (χ4n) is 2.87. The van der Waals surface area contributed by atoms with Crippen LogP contribution in [0.4, 0.5) is 11.5 Å². The van der Waals surface area contributed by atoms with E-state index in [1.54, 1.807) is 0 Å². The summed E-state index contributed by atoms with van der Waals surface area (Å²) in [5.41, 5.74) is 5.30. The predicted octanol–water partition coefficient (Wildman–Crippen LogP) is 5.58. The second-order valence-corrected chi connectivity index (χ2v) is 8.12. The van der Waals surface area contributed by atoms with Crippen LogP contribution in [0.2, 0.25) is 5.02 Å². The molecule has 2 rings (SSSR count). The predicted molar refractivity (Wildman–Crippen MR) is 124 cm³/mol. The van der Waals surface area contributed by atoms with E-state index < -0.39 is 0 Å². The van der Waals surface area contributed by atoms with Crippen molar-refractivity contribution in [3.63, 3.8) is 0 Å². The number of hydrogen-bond donors (Lipinski definition) is 1. The molecule has 0 spiro atoms. The van der Waals surface area contributed by atoms with Crippen LogP contribution in [0.1, 0.15) is 29.1 Å². The maximum Gasteiger partial charge on any atom is 0.160 e. The van der Waals surface area contributed by atoms with E-state index in [2.05, 4.69) is 69.8 Å². The monoisotopic (exact) mass is 497 g/mol. The van der Waals surface area contributed by atoms with Gasteiger partial charge in [0.05, 0.1) is 28.6 Å². The topological polar surface area (TPSA) is 56.1 Å². The van der Waals surface area contributed by atoms with E-state index in [0.717, 1.165) is 17.0 Å². The molecule has 0 amide bonds. The van der Waals surface area contributed by atoms with Crippen molar-refractivity contribution in [3.8, 4) is 0 Å². The van der Waals surface area contributed by atoms with Gasteiger partial charge in [-0.25, -0.2) is 9.97 Å². The average Bonchev–Trinajstić information content (AvgIpc) is 2.61. The second-order valence-electron chi connectivity index (χ2n) is 6.58. The molecule has 1 N–H and O–H groups in total. The van der Waals surface area contributed by atoms with Gasteiger partial charge in [0.25, 0.3) is 0 Å². The van der Waals surface area contributed by atoms with E-state index in [1.165, 1.54) is 17.3 Å². The molecule has 0 unspecified atom stereocenters. The van der Waals surface area contributed by atoms with Gasteiger partial charge < -0.3 is 10.3 Å². The van der Waals surface area contributed by atoms with Crippen molar-refractivity contribution < 1.29 is 0 Å². The van der Waals surface area contributed by atoms with Crippen LogP contribution >= 0.6 is 34.5 Å². The molecule has 0 saturated heterocycles. The number of hydrogen-bond acceptors (Lipinski definition) is 5. The Labute approximate surface area is 180 Å². The lowest BCUT2D eigenvalue weighted by atomic mass is 10.1. The lowest BCUT2D eigenvalue weighted by Gasteiger charge is -2.21. The molecule has 0 saturated carbocycles. The molecular formula is C20H25ClIN5. The van der Waals surface area contributed by atoms with Crippen LogP contribution in [-0.2, 0) is 0 Å². The third-order valence-corrected chi connectivity index (χ3v) is 5.60. The van der Waals surface area contributed by atoms with Crippen molar-refractivity contribution in [2.75, 3.05) is 21.6 Å². The van der Waals surface area contributed by atoms with E-state index >= 15 is 0 Å². The molecule has 1 heterocycles. The summed E-state index contributed by atoms with van der Waals surface area (Å²) >= 11 is 8.58. The number of aryl methyl sites for hydroxylation is 4. The molecule has 1 aromatic heterocycles. The molecule has 5 nitrogen and oxygen atoms in total. The molecule has 0 radical (unpaired) electrons. The second kappa shape index (κ2) is 9.50. The first kappa shape index (κ1) is 21.6. The number of rotatable bonds is 7. The molecular weight excluding hydrogens is 473 g/mol. The van der Waals surface area contributed by atoms with Crippen molar-refractivity contribution >= 4 is 52.2 Å². The smallest absolute Gasteiger partial charge is 0.160 e. The molecule has 0 aliphatic heterocycles. The third-order valence-electron chi connectivity index (χ3n) is 4.21. The number of halogens is 2. The van der Waals surface area contributed by atoms with Crippen molar-refractivity contribution in [2.24, 2.45) is 0 Å². The van der Waals surface area contributed by atoms with Crippen LogP contribution in [0.3, 0.4) is 0 Å². The van der Waals surface area contributed by atoms with Crippen LogP contribution in [0.15, 0.2) is 30.0 Å². The van der Waals surface area contributed by atoms with Crippen LogP contribution in [0.5, 0.6) is 0 Å². The summed E-state index contributed by atoms with van der Waals surface area (Å²) in [6.07, 6.45) is 4.12. The van der Waals surface area contributed by atoms with Gasteiger partial charge >= 0.3 is 0 Å². The first-order valence-electron chi connectivity index (χ1n) is 8.68. The zero-order valence-electron chi connectivity index (χ0n) is 16.3. The first-order chi connectivity index (χ1) is 12.7. The molecule has 1 aromatic carbocycles. The summed E-state index contributed by atoms with van der Waals surface area (Å²) < 4.78 is 1.98. The SMILES string of the molecule is Cc1ccc(N(C)/C=C(\C=N)CCN(I)c2nc(C)nc(C)c2Cl)c(C)c1. The van der Waals surface area contributed by atoms with Crippen molar-refractivity contribution in [3.05, 3.63) is 57.6 Å². The number of nitrogens with one attached hydrogen (secondary N) is 1. The minimum atomic E-state index is 0.572. The van der Waals surface area contributed by atoms with Crippen molar-refractivity contribution in [1.82, 2.24) is 9.97 Å². The largest absolute Gasteiger partial charge is 0.351 e. The molecule has 27 heavy (non-hydrogen) atoms. The molecule has 0 aliphatic rings. The van der Waals surface area contributed by atoms with Crippen LogP contribution in [0.25, 0.3) is 0 Å². The van der Waals surface area contributed by atoms with Gasteiger partial charge in [0, 0.05) is 31.7 Å². The summed E-state index contributed by atoms with van der Waals surface area (Å²) in [6.45, 7) is 8.63. The summed E-state index contributed by atoms with van der Waals surface area (Å²) in [4.78, 5) is 10.8. The van der Waals surface area contributed by atoms with E-state index in [0.29, 0.717) is 29.6 Å². The van der Waals surface area contributed by atoms with Gasteiger partial charge in [0.1, 0.15) is 10.8 Å². The van der Waals surface area contributed by atoms with E-state index in [4.69, 9.17) is 17.0 Å². The van der Waals surface area contributed by atoms with Crippen molar-refractivity contribution in [1.29, 1.82) is 5.41 Å². The lowest BCUT2D eigenvalue weighted by Crippen LogP contribution is -2.17. The Kier molecular flexibility index (Phi) is 7.61. The first-order valence-corrected chi connectivity index (χ1v) is 10.0. The molecule has 0 fully saturated rings. The normalized spacial score (nSPS) is 11.4. The van der Waals surface area contributed by atoms with Crippen LogP contribution in [0, 0.1) is 33.1 Å². The molecule has 0 bridgehead atoms. The van der Waals surface area contributed by atoms with Gasteiger partial charge in [-0.05, 0) is 51.3 Å². The summed E-state index contributed by atoms with van der Waals surface area (Å²) in [6, 6.07) is 6.38. The molecule has 0 atom stereocenters. The summed E-state index contributed by atoms with van der Waals surface area (Å²) in [7, 11) is 2.01. The number of nitrogens with zero attached hydrogens (tertiary/aromatic N) is 4. The number of benzene rings is 1. The van der Waals surface area contributed by atoms with Crippen molar-refractivity contribution in [2.45, 2.75) is 34.1 Å². The highest BCUT2D eigenvalue weighted by Gasteiger charge is 2.14. The Hall–Kier alpha value is -1.67. The minimum absolute atomic E-state index is 0.572. The Balaban J connectivity index is 2.12. The Morgan fingerprint density at radius 3 is 2.56 bits per heavy atom. The number of anilines is 2. The van der Waals surface area contributed by atoms with Gasteiger partial charge in [-0.1, -0.05) is 29.3 Å². The number of aromatic nitrogens is 2. The quantitative estimate of drug-likeness (QED) is 0.308. The van der Waals surface area contributed by atoms with Gasteiger partial charge in [-0.3, -0.25) is 3.11 Å². The van der Waals surface area contributed by atoms with Gasteiger partial charge in [0.2, 0.25) is 0 Å². The average molecular weight is 498 g/mol. The van der Waals surface area contributed by atoms with E-state index in [9.17, 15) is 0 Å². The molecule has 7 heteroatoms. The molecule has 2 aromatic rings. The van der Waals surface area contributed by atoms with E-state index in [-0.39, 0.29) is 0 Å². The maximum atomic E-state index is 7.77. The third kappa shape index (κ3) is 5.65. The fraction of sp³-hybridized carbons (Fsp3) is 0.350. The molecule has 0 aliphatic carbocycles. The van der Waals surface area contributed by atoms with Crippen LogP contribution in [-0.4, -0.2) is 29.8 Å². The summed E-state index contributed by atoms with van der Waals surface area (Å²) in [5.74, 6) is 1.42. The highest BCUT2D eigenvalue weighted by atomic mass is 127. The minimum Gasteiger partial charge on any atom is -0.351 e. The Morgan fingerprint density at radius 2 is 1.93 bits per heavy atom. The van der Waals surface area contributed by atoms with Gasteiger partial charge in [0.15, 0.2) is 5.82 Å². The Morgan fingerprint density at radius 1 is 1.22 bits per heavy atom. The lowest BCUT2D eigenvalue weighted by molar-refractivity contribution is 0.940. The Bertz CT molecular complexity index is 866. The highest BCUT2D eigenvalue weighted by Crippen LogP contribution is 2.29. The zero-order chi connectivity index (χ0) is 20.1. The highest BCUT2D eigenvalue weighted by molar-refractivity contribution is 14.1. The zero-order valence-corrected chi connectivity index (χ0v) is 19.3. The van der Waals surface area contributed by atoms with E-state index in [1.807, 2.05) is 30.2 Å². The van der Waals surface area contributed by atoms with Gasteiger partial charge in [-0.15, -0.1) is 0 Å². The standard InChI is InChI=1S/C20H25ClIN5/c1-13-6-7-18(14(2)10-13)26(5)12-17(11-23)8-9-27(22)20-19(21)15(3)24-16(4)25-20/h6-7,10-12,23H,8-9H2,1-5H3/b17-12-,23-11?. The molecule has 144 valence electrons. The van der Waals surface area contributed by atoms with Crippen LogP contribution < -0.4 is 8.01 Å². The maximum absolute atomic E-state index is 7.77.